The second kappa shape index (κ2) is 4.99. The Kier molecular flexibility index (Phi) is 3.11. The first-order chi connectivity index (χ1) is 10.3. The molecule has 0 radical (unpaired) electrons. The first-order valence-corrected chi connectivity index (χ1v) is 8.08. The number of rotatable bonds is 2. The maximum absolute atomic E-state index is 6.27. The monoisotopic (exact) mass is 295 g/mol. The number of hydrogen-bond donors (Lipinski definition) is 0. The zero-order valence-electron chi connectivity index (χ0n) is 12.0. The molecule has 0 bridgehead atoms. The summed E-state index contributed by atoms with van der Waals surface area (Å²) in [6, 6.07) is 17.0. The molecule has 1 nitrogen and oxygen atoms in total. The van der Waals surface area contributed by atoms with Crippen LogP contribution >= 0.6 is 11.6 Å². The van der Waals surface area contributed by atoms with Crippen LogP contribution in [-0.2, 0) is 11.8 Å². The summed E-state index contributed by atoms with van der Waals surface area (Å²) >= 11 is 6.27. The summed E-state index contributed by atoms with van der Waals surface area (Å²) in [6.07, 6.45) is 5.89. The molecule has 1 saturated carbocycles. The first kappa shape index (κ1) is 13.1. The molecule has 2 aliphatic rings. The Balaban J connectivity index is 1.83. The number of hydrogen-bond acceptors (Lipinski definition) is 1. The molecule has 1 fully saturated rings. The number of halogens is 1. The van der Waals surface area contributed by atoms with Crippen molar-refractivity contribution in [2.24, 2.45) is 4.99 Å². The molecule has 2 aromatic rings. The highest BCUT2D eigenvalue weighted by atomic mass is 35.5. The SMILES string of the molecule is Clc1ccc2c(c1)C1(Cc3ccccc3)CCCCC1=N2. The molecule has 1 atom stereocenters. The van der Waals surface area contributed by atoms with Crippen LogP contribution in [-0.4, -0.2) is 5.71 Å². The zero-order valence-corrected chi connectivity index (χ0v) is 12.7. The van der Waals surface area contributed by atoms with Crippen molar-refractivity contribution in [2.75, 3.05) is 0 Å². The van der Waals surface area contributed by atoms with Crippen LogP contribution in [0.3, 0.4) is 0 Å². The maximum Gasteiger partial charge on any atom is 0.0672 e. The predicted octanol–water partition coefficient (Wildman–Crippen LogP) is 5.48. The smallest absolute Gasteiger partial charge is 0.0672 e. The van der Waals surface area contributed by atoms with Crippen molar-refractivity contribution in [3.63, 3.8) is 0 Å². The molecule has 1 aliphatic carbocycles. The zero-order chi connectivity index (χ0) is 14.3. The van der Waals surface area contributed by atoms with E-state index in [9.17, 15) is 0 Å². The van der Waals surface area contributed by atoms with Crippen molar-refractivity contribution >= 4 is 23.0 Å². The van der Waals surface area contributed by atoms with Crippen LogP contribution in [0.15, 0.2) is 53.5 Å². The summed E-state index contributed by atoms with van der Waals surface area (Å²) in [5.41, 5.74) is 5.32. The third kappa shape index (κ3) is 2.11. The van der Waals surface area contributed by atoms with E-state index in [-0.39, 0.29) is 5.41 Å². The van der Waals surface area contributed by atoms with Gasteiger partial charge in [0.25, 0.3) is 0 Å². The van der Waals surface area contributed by atoms with Gasteiger partial charge in [0.2, 0.25) is 0 Å². The molecular weight excluding hydrogens is 278 g/mol. The minimum Gasteiger partial charge on any atom is -0.257 e. The first-order valence-electron chi connectivity index (χ1n) is 7.70. The molecule has 2 aromatic carbocycles. The van der Waals surface area contributed by atoms with Crippen molar-refractivity contribution in [3.05, 3.63) is 64.7 Å². The fraction of sp³-hybridized carbons (Fsp3) is 0.316. The highest BCUT2D eigenvalue weighted by Gasteiger charge is 2.44. The van der Waals surface area contributed by atoms with E-state index < -0.39 is 0 Å². The van der Waals surface area contributed by atoms with Crippen LogP contribution in [0.2, 0.25) is 5.02 Å². The summed E-state index contributed by atoms with van der Waals surface area (Å²) in [7, 11) is 0. The van der Waals surface area contributed by atoms with Crippen LogP contribution in [0.1, 0.15) is 36.8 Å². The van der Waals surface area contributed by atoms with Crippen LogP contribution < -0.4 is 0 Å². The molecule has 0 spiro atoms. The molecular formula is C19H18ClN. The van der Waals surface area contributed by atoms with Gasteiger partial charge in [0.1, 0.15) is 0 Å². The Morgan fingerprint density at radius 3 is 2.76 bits per heavy atom. The Morgan fingerprint density at radius 2 is 1.90 bits per heavy atom. The molecule has 0 saturated heterocycles. The Bertz CT molecular complexity index is 705. The molecule has 2 heteroatoms. The van der Waals surface area contributed by atoms with Crippen molar-refractivity contribution in [1.82, 2.24) is 0 Å². The topological polar surface area (TPSA) is 12.4 Å². The van der Waals surface area contributed by atoms with E-state index in [1.807, 2.05) is 6.07 Å². The van der Waals surface area contributed by atoms with Gasteiger partial charge in [0.05, 0.1) is 5.69 Å². The normalized spacial score (nSPS) is 23.4. The second-order valence-electron chi connectivity index (χ2n) is 6.17. The van der Waals surface area contributed by atoms with Gasteiger partial charge in [-0.1, -0.05) is 48.4 Å². The van der Waals surface area contributed by atoms with E-state index in [4.69, 9.17) is 16.6 Å². The fourth-order valence-electron chi connectivity index (χ4n) is 3.92. The molecule has 1 heterocycles. The lowest BCUT2D eigenvalue weighted by Crippen LogP contribution is -2.38. The van der Waals surface area contributed by atoms with Crippen LogP contribution in [0.25, 0.3) is 0 Å². The Labute approximate surface area is 130 Å². The van der Waals surface area contributed by atoms with E-state index in [2.05, 4.69) is 42.5 Å². The second-order valence-corrected chi connectivity index (χ2v) is 6.61. The Hall–Kier alpha value is -1.60. The van der Waals surface area contributed by atoms with Crippen molar-refractivity contribution < 1.29 is 0 Å². The largest absolute Gasteiger partial charge is 0.257 e. The standard InChI is InChI=1S/C19H18ClN/c20-15-9-10-17-16(12-15)19(11-5-4-8-18(19)21-17)13-14-6-2-1-3-7-14/h1-3,6-7,9-10,12H,4-5,8,11,13H2. The third-order valence-corrected chi connectivity index (χ3v) is 5.13. The van der Waals surface area contributed by atoms with E-state index in [1.54, 1.807) is 0 Å². The lowest BCUT2D eigenvalue weighted by molar-refractivity contribution is 0.460. The Morgan fingerprint density at radius 1 is 1.05 bits per heavy atom. The fourth-order valence-corrected chi connectivity index (χ4v) is 4.09. The van der Waals surface area contributed by atoms with Crippen molar-refractivity contribution in [2.45, 2.75) is 37.5 Å². The average Bonchev–Trinajstić information content (AvgIpc) is 2.82. The van der Waals surface area contributed by atoms with Gasteiger partial charge in [-0.15, -0.1) is 0 Å². The molecule has 1 unspecified atom stereocenters. The van der Waals surface area contributed by atoms with E-state index in [0.717, 1.165) is 23.6 Å². The van der Waals surface area contributed by atoms with E-state index in [1.165, 1.54) is 36.1 Å². The number of nitrogens with zero attached hydrogens (tertiary/aromatic N) is 1. The lowest BCUT2D eigenvalue weighted by Gasteiger charge is -2.36. The quantitative estimate of drug-likeness (QED) is 0.695. The summed E-state index contributed by atoms with van der Waals surface area (Å²) in [5, 5.41) is 0.822. The summed E-state index contributed by atoms with van der Waals surface area (Å²) in [5.74, 6) is 0. The number of fused-ring (bicyclic) bond motifs is 3. The van der Waals surface area contributed by atoms with Gasteiger partial charge in [0.15, 0.2) is 0 Å². The minimum absolute atomic E-state index is 0.0832. The summed E-state index contributed by atoms with van der Waals surface area (Å²) in [4.78, 5) is 4.94. The number of aliphatic imine (C=N–C) groups is 1. The molecule has 106 valence electrons. The van der Waals surface area contributed by atoms with Gasteiger partial charge >= 0.3 is 0 Å². The van der Waals surface area contributed by atoms with Crippen molar-refractivity contribution in [3.8, 4) is 0 Å². The lowest BCUT2D eigenvalue weighted by atomic mass is 9.66. The molecule has 21 heavy (non-hydrogen) atoms. The summed E-state index contributed by atoms with van der Waals surface area (Å²) < 4.78 is 0. The van der Waals surface area contributed by atoms with E-state index in [0.29, 0.717) is 0 Å². The van der Waals surface area contributed by atoms with Gasteiger partial charge in [-0.3, -0.25) is 4.99 Å². The maximum atomic E-state index is 6.27. The highest BCUT2D eigenvalue weighted by Crippen LogP contribution is 2.49. The van der Waals surface area contributed by atoms with Gasteiger partial charge in [-0.2, -0.15) is 0 Å². The van der Waals surface area contributed by atoms with E-state index >= 15 is 0 Å². The van der Waals surface area contributed by atoms with Crippen LogP contribution in [0, 0.1) is 0 Å². The molecule has 1 aliphatic heterocycles. The predicted molar refractivity (Wildman–Crippen MR) is 88.8 cm³/mol. The van der Waals surface area contributed by atoms with Crippen LogP contribution in [0.5, 0.6) is 0 Å². The van der Waals surface area contributed by atoms with Gasteiger partial charge in [-0.25, -0.2) is 0 Å². The highest BCUT2D eigenvalue weighted by molar-refractivity contribution is 6.30. The summed E-state index contributed by atoms with van der Waals surface area (Å²) in [6.45, 7) is 0. The molecule has 0 N–H and O–H groups in total. The molecule has 0 amide bonds. The average molecular weight is 296 g/mol. The third-order valence-electron chi connectivity index (χ3n) is 4.90. The van der Waals surface area contributed by atoms with Crippen molar-refractivity contribution in [1.29, 1.82) is 0 Å². The minimum atomic E-state index is 0.0832. The molecule has 0 aromatic heterocycles. The van der Waals surface area contributed by atoms with Gasteiger partial charge < -0.3 is 0 Å². The van der Waals surface area contributed by atoms with Crippen LogP contribution in [0.4, 0.5) is 5.69 Å². The van der Waals surface area contributed by atoms with Gasteiger partial charge in [-0.05, 0) is 55.0 Å². The number of benzene rings is 2. The molecule has 4 rings (SSSR count). The van der Waals surface area contributed by atoms with Gasteiger partial charge in [0, 0.05) is 16.1 Å².